The normalized spacial score (nSPS) is 18.7. The molecule has 1 aliphatic carbocycles. The zero-order valence-electron chi connectivity index (χ0n) is 7.24. The number of carbonyl (C=O) groups excluding carboxylic acids is 1. The fourth-order valence-corrected chi connectivity index (χ4v) is 1.63. The van der Waals surface area contributed by atoms with Crippen LogP contribution < -0.4 is 9.84 Å². The van der Waals surface area contributed by atoms with E-state index in [1.807, 2.05) is 6.07 Å². The third-order valence-electron chi connectivity index (χ3n) is 2.43. The summed E-state index contributed by atoms with van der Waals surface area (Å²) >= 11 is 0. The van der Waals surface area contributed by atoms with E-state index in [4.69, 9.17) is 4.74 Å². The van der Waals surface area contributed by atoms with Crippen LogP contribution in [0.4, 0.5) is 0 Å². The predicted molar refractivity (Wildman–Crippen MR) is 44.4 cm³/mol. The molecule has 0 saturated carbocycles. The molecule has 1 aromatic rings. The highest BCUT2D eigenvalue weighted by atomic mass is 16.5. The minimum atomic E-state index is -0.988. The van der Waals surface area contributed by atoms with Gasteiger partial charge in [-0.1, -0.05) is 6.07 Å². The van der Waals surface area contributed by atoms with Crippen molar-refractivity contribution in [3.05, 3.63) is 29.3 Å². The fourth-order valence-electron chi connectivity index (χ4n) is 1.63. The molecule has 0 aromatic heterocycles. The average molecular weight is 177 g/mol. The average Bonchev–Trinajstić information content (AvgIpc) is 2.06. The van der Waals surface area contributed by atoms with Crippen molar-refractivity contribution < 1.29 is 14.6 Å². The number of aliphatic carboxylic acids is 1. The van der Waals surface area contributed by atoms with E-state index in [1.165, 1.54) is 0 Å². The Morgan fingerprint density at radius 1 is 1.62 bits per heavy atom. The number of ether oxygens (including phenoxy) is 1. The van der Waals surface area contributed by atoms with E-state index in [0.29, 0.717) is 6.42 Å². The maximum atomic E-state index is 10.6. The first-order chi connectivity index (χ1) is 6.22. The van der Waals surface area contributed by atoms with Gasteiger partial charge in [-0.15, -0.1) is 0 Å². The van der Waals surface area contributed by atoms with Crippen molar-refractivity contribution in [2.24, 2.45) is 0 Å². The van der Waals surface area contributed by atoms with Crippen LogP contribution in [0.2, 0.25) is 0 Å². The smallest absolute Gasteiger partial charge is 0.119 e. The van der Waals surface area contributed by atoms with Crippen molar-refractivity contribution in [3.8, 4) is 5.75 Å². The van der Waals surface area contributed by atoms with Gasteiger partial charge in [-0.2, -0.15) is 0 Å². The standard InChI is InChI=1S/C10H10O3/c1-13-7-2-3-8-6(4-7)5-9(8)10(11)12/h2-4,9H,5H2,1H3,(H,11,12)/p-1/t9-/m0/s1. The highest BCUT2D eigenvalue weighted by Crippen LogP contribution is 2.36. The minimum absolute atomic E-state index is 0.416. The van der Waals surface area contributed by atoms with E-state index in [-0.39, 0.29) is 0 Å². The van der Waals surface area contributed by atoms with E-state index >= 15 is 0 Å². The minimum Gasteiger partial charge on any atom is -0.549 e. The summed E-state index contributed by atoms with van der Waals surface area (Å²) in [5, 5.41) is 10.6. The number of methoxy groups -OCH3 is 1. The first kappa shape index (κ1) is 8.10. The molecule has 0 amide bonds. The maximum absolute atomic E-state index is 10.6. The second kappa shape index (κ2) is 2.76. The number of rotatable bonds is 2. The topological polar surface area (TPSA) is 49.4 Å². The molecule has 0 radical (unpaired) electrons. The lowest BCUT2D eigenvalue weighted by Gasteiger charge is -2.31. The molecule has 1 atom stereocenters. The first-order valence-electron chi connectivity index (χ1n) is 4.10. The molecule has 0 N–H and O–H groups in total. The number of carbonyl (C=O) groups is 1. The predicted octanol–water partition coefficient (Wildman–Crippen LogP) is 0.0848. The van der Waals surface area contributed by atoms with Crippen molar-refractivity contribution in [2.75, 3.05) is 7.11 Å². The highest BCUT2D eigenvalue weighted by molar-refractivity contribution is 5.78. The monoisotopic (exact) mass is 177 g/mol. The fraction of sp³-hybridized carbons (Fsp3) is 0.300. The molecule has 13 heavy (non-hydrogen) atoms. The van der Waals surface area contributed by atoms with Gasteiger partial charge < -0.3 is 14.6 Å². The number of hydrogen-bond acceptors (Lipinski definition) is 3. The molecule has 0 bridgehead atoms. The van der Waals surface area contributed by atoms with Crippen molar-refractivity contribution in [1.29, 1.82) is 0 Å². The van der Waals surface area contributed by atoms with E-state index < -0.39 is 11.9 Å². The number of carboxylic acid groups (broad SMARTS) is 1. The van der Waals surface area contributed by atoms with Crippen LogP contribution >= 0.6 is 0 Å². The summed E-state index contributed by atoms with van der Waals surface area (Å²) < 4.78 is 5.02. The van der Waals surface area contributed by atoms with E-state index in [1.54, 1.807) is 19.2 Å². The molecule has 0 saturated heterocycles. The zero-order valence-corrected chi connectivity index (χ0v) is 7.24. The van der Waals surface area contributed by atoms with Gasteiger partial charge >= 0.3 is 0 Å². The highest BCUT2D eigenvalue weighted by Gasteiger charge is 2.27. The van der Waals surface area contributed by atoms with E-state index in [0.717, 1.165) is 16.9 Å². The second-order valence-electron chi connectivity index (χ2n) is 3.14. The Kier molecular flexibility index (Phi) is 1.72. The van der Waals surface area contributed by atoms with Crippen LogP contribution in [0, 0.1) is 0 Å². The van der Waals surface area contributed by atoms with Gasteiger partial charge in [0.2, 0.25) is 0 Å². The van der Waals surface area contributed by atoms with Crippen LogP contribution in [0.1, 0.15) is 17.0 Å². The quantitative estimate of drug-likeness (QED) is 0.643. The molecular formula is C10H9O3-. The molecule has 3 heteroatoms. The van der Waals surface area contributed by atoms with Gasteiger partial charge in [0.25, 0.3) is 0 Å². The van der Waals surface area contributed by atoms with Crippen molar-refractivity contribution >= 4 is 5.97 Å². The molecule has 0 aliphatic heterocycles. The molecule has 0 spiro atoms. The molecule has 68 valence electrons. The number of carboxylic acids is 1. The Bertz CT molecular complexity index is 357. The Labute approximate surface area is 76.0 Å². The second-order valence-corrected chi connectivity index (χ2v) is 3.14. The summed E-state index contributed by atoms with van der Waals surface area (Å²) in [6, 6.07) is 5.43. The van der Waals surface area contributed by atoms with Gasteiger partial charge in [-0.3, -0.25) is 0 Å². The van der Waals surface area contributed by atoms with Crippen molar-refractivity contribution in [1.82, 2.24) is 0 Å². The molecule has 1 aliphatic rings. The molecule has 0 heterocycles. The van der Waals surface area contributed by atoms with Crippen LogP contribution in [0.25, 0.3) is 0 Å². The van der Waals surface area contributed by atoms with Gasteiger partial charge in [0.15, 0.2) is 0 Å². The third-order valence-corrected chi connectivity index (χ3v) is 2.43. The largest absolute Gasteiger partial charge is 0.549 e. The van der Waals surface area contributed by atoms with Gasteiger partial charge in [-0.25, -0.2) is 0 Å². The molecule has 3 nitrogen and oxygen atoms in total. The van der Waals surface area contributed by atoms with E-state index in [2.05, 4.69) is 0 Å². The van der Waals surface area contributed by atoms with Crippen LogP contribution in [-0.2, 0) is 11.2 Å². The maximum Gasteiger partial charge on any atom is 0.119 e. The molecule has 2 rings (SSSR count). The van der Waals surface area contributed by atoms with Gasteiger partial charge in [0.05, 0.1) is 7.11 Å². The number of benzene rings is 1. The van der Waals surface area contributed by atoms with Crippen molar-refractivity contribution in [3.63, 3.8) is 0 Å². The molecule has 0 unspecified atom stereocenters. The summed E-state index contributed by atoms with van der Waals surface area (Å²) in [6.45, 7) is 0. The lowest BCUT2D eigenvalue weighted by Crippen LogP contribution is -2.36. The van der Waals surface area contributed by atoms with Gasteiger partial charge in [0.1, 0.15) is 5.75 Å². The number of hydrogen-bond donors (Lipinski definition) is 0. The Balaban J connectivity index is 2.30. The summed E-state index contributed by atoms with van der Waals surface area (Å²) in [4.78, 5) is 10.6. The van der Waals surface area contributed by atoms with Crippen LogP contribution in [0.15, 0.2) is 18.2 Å². The van der Waals surface area contributed by atoms with Gasteiger partial charge in [-0.05, 0) is 29.7 Å². The molecule has 0 fully saturated rings. The summed E-state index contributed by atoms with van der Waals surface area (Å²) in [7, 11) is 1.59. The Hall–Kier alpha value is -1.51. The van der Waals surface area contributed by atoms with Crippen LogP contribution in [-0.4, -0.2) is 13.1 Å². The van der Waals surface area contributed by atoms with Crippen LogP contribution in [0.5, 0.6) is 5.75 Å². The summed E-state index contributed by atoms with van der Waals surface area (Å²) in [5.41, 5.74) is 1.91. The summed E-state index contributed by atoms with van der Waals surface area (Å²) in [6.07, 6.45) is 0.564. The zero-order chi connectivity index (χ0) is 9.42. The Morgan fingerprint density at radius 2 is 2.38 bits per heavy atom. The van der Waals surface area contributed by atoms with Crippen LogP contribution in [0.3, 0.4) is 0 Å². The molecular weight excluding hydrogens is 168 g/mol. The van der Waals surface area contributed by atoms with Crippen molar-refractivity contribution in [2.45, 2.75) is 12.3 Å². The van der Waals surface area contributed by atoms with E-state index in [9.17, 15) is 9.90 Å². The first-order valence-corrected chi connectivity index (χ1v) is 4.10. The Morgan fingerprint density at radius 3 is 2.92 bits per heavy atom. The number of fused-ring (bicyclic) bond motifs is 1. The third kappa shape index (κ3) is 1.16. The van der Waals surface area contributed by atoms with Gasteiger partial charge in [0, 0.05) is 11.9 Å². The lowest BCUT2D eigenvalue weighted by atomic mass is 9.77. The molecule has 1 aromatic carbocycles. The SMILES string of the molecule is COc1ccc2c(c1)C[C@@H]2C(=O)[O-]. The lowest BCUT2D eigenvalue weighted by molar-refractivity contribution is -0.308. The summed E-state index contributed by atoms with van der Waals surface area (Å²) in [5.74, 6) is -0.630.